The van der Waals surface area contributed by atoms with Crippen LogP contribution in [0.1, 0.15) is 34.4 Å². The minimum absolute atomic E-state index is 0.0481. The van der Waals surface area contributed by atoms with E-state index in [9.17, 15) is 26.7 Å². The summed E-state index contributed by atoms with van der Waals surface area (Å²) in [6, 6.07) is 7.19. The van der Waals surface area contributed by atoms with E-state index in [1.165, 1.54) is 35.1 Å². The summed E-state index contributed by atoms with van der Waals surface area (Å²) in [5, 5.41) is 0. The predicted octanol–water partition coefficient (Wildman–Crippen LogP) is 6.64. The van der Waals surface area contributed by atoms with Crippen LogP contribution in [-0.4, -0.2) is 33.0 Å². The van der Waals surface area contributed by atoms with Crippen molar-refractivity contribution in [1.29, 1.82) is 0 Å². The SMILES string of the molecule is CCOC=Cc1cc(C(=O)c2cc(F)c(F)c(F)c2)n2cccc(-c3c(OC(F)F)cc4c(nc(C)n4C)c3N)c12. The topological polar surface area (TPSA) is 83.8 Å². The molecule has 2 N–H and O–H groups in total. The molecule has 0 spiro atoms. The Bertz CT molecular complexity index is 1840. The molecule has 0 bridgehead atoms. The van der Waals surface area contributed by atoms with Crippen molar-refractivity contribution in [2.45, 2.75) is 20.5 Å². The molecule has 7 nitrogen and oxygen atoms in total. The average molecular weight is 571 g/mol. The molecule has 5 rings (SSSR count). The Balaban J connectivity index is 1.83. The van der Waals surface area contributed by atoms with Crippen molar-refractivity contribution in [3.05, 3.63) is 89.0 Å². The van der Waals surface area contributed by atoms with E-state index in [1.807, 2.05) is 0 Å². The Morgan fingerprint density at radius 3 is 2.51 bits per heavy atom. The van der Waals surface area contributed by atoms with Crippen LogP contribution in [0.3, 0.4) is 0 Å². The number of fused-ring (bicyclic) bond motifs is 2. The molecule has 0 unspecified atom stereocenters. The highest BCUT2D eigenvalue weighted by molar-refractivity contribution is 6.11. The van der Waals surface area contributed by atoms with Crippen molar-refractivity contribution < 1.29 is 36.2 Å². The zero-order chi connectivity index (χ0) is 29.6. The van der Waals surface area contributed by atoms with Crippen LogP contribution >= 0.6 is 0 Å². The van der Waals surface area contributed by atoms with Crippen molar-refractivity contribution >= 4 is 34.1 Å². The molecule has 0 atom stereocenters. The Labute approximate surface area is 230 Å². The second-order valence-corrected chi connectivity index (χ2v) is 9.09. The second kappa shape index (κ2) is 10.6. The zero-order valence-electron chi connectivity index (χ0n) is 22.0. The predicted molar refractivity (Wildman–Crippen MR) is 143 cm³/mol. The number of carbonyl (C=O) groups is 1. The number of anilines is 1. The van der Waals surface area contributed by atoms with Crippen LogP contribution in [0.2, 0.25) is 0 Å². The summed E-state index contributed by atoms with van der Waals surface area (Å²) >= 11 is 0. The molecule has 0 aliphatic rings. The highest BCUT2D eigenvalue weighted by Crippen LogP contribution is 2.44. The maximum Gasteiger partial charge on any atom is 0.387 e. The van der Waals surface area contributed by atoms with Gasteiger partial charge in [0.05, 0.1) is 40.8 Å². The first kappa shape index (κ1) is 27.7. The van der Waals surface area contributed by atoms with Gasteiger partial charge < -0.3 is 24.2 Å². The second-order valence-electron chi connectivity index (χ2n) is 9.09. The fourth-order valence-electron chi connectivity index (χ4n) is 4.75. The van der Waals surface area contributed by atoms with Crippen molar-refractivity contribution in [1.82, 2.24) is 14.0 Å². The molecular formula is C29H23F5N4O3. The molecule has 0 amide bonds. The fourth-order valence-corrected chi connectivity index (χ4v) is 4.75. The third-order valence-electron chi connectivity index (χ3n) is 6.70. The summed E-state index contributed by atoms with van der Waals surface area (Å²) in [7, 11) is 1.71. The number of hydrogen-bond donors (Lipinski definition) is 1. The number of aromatic nitrogens is 3. The Hall–Kier alpha value is -4.87. The molecule has 0 aliphatic heterocycles. The Morgan fingerprint density at radius 1 is 1.15 bits per heavy atom. The lowest BCUT2D eigenvalue weighted by atomic mass is 9.99. The molecule has 3 aromatic heterocycles. The molecule has 0 saturated heterocycles. The van der Waals surface area contributed by atoms with Gasteiger partial charge in [-0.15, -0.1) is 0 Å². The van der Waals surface area contributed by atoms with Crippen molar-refractivity contribution in [3.63, 3.8) is 0 Å². The zero-order valence-corrected chi connectivity index (χ0v) is 22.0. The minimum Gasteiger partial charge on any atom is -0.501 e. The maximum absolute atomic E-state index is 14.0. The number of halogens is 5. The Morgan fingerprint density at radius 2 is 1.85 bits per heavy atom. The summed E-state index contributed by atoms with van der Waals surface area (Å²) in [4.78, 5) is 17.9. The van der Waals surface area contributed by atoms with Gasteiger partial charge in [0.25, 0.3) is 0 Å². The molecular weight excluding hydrogens is 547 g/mol. The van der Waals surface area contributed by atoms with Crippen LogP contribution in [0.5, 0.6) is 5.75 Å². The number of pyridine rings is 1. The molecule has 0 aliphatic carbocycles. The van der Waals surface area contributed by atoms with E-state index in [0.717, 1.165) is 0 Å². The molecule has 41 heavy (non-hydrogen) atoms. The molecule has 5 aromatic rings. The Kier molecular flexibility index (Phi) is 7.16. The van der Waals surface area contributed by atoms with Gasteiger partial charge in [0.2, 0.25) is 5.78 Å². The van der Waals surface area contributed by atoms with Gasteiger partial charge in [-0.25, -0.2) is 18.2 Å². The van der Waals surface area contributed by atoms with E-state index < -0.39 is 35.4 Å². The number of ether oxygens (including phenoxy) is 2. The fraction of sp³-hybridized carbons (Fsp3) is 0.172. The first-order chi connectivity index (χ1) is 19.5. The van der Waals surface area contributed by atoms with E-state index in [1.54, 1.807) is 37.6 Å². The number of nitrogen functional groups attached to an aromatic ring is 1. The number of aryl methyl sites for hydroxylation is 2. The molecule has 0 saturated carbocycles. The van der Waals surface area contributed by atoms with E-state index >= 15 is 0 Å². The average Bonchev–Trinajstić information content (AvgIpc) is 3.44. The number of carbonyl (C=O) groups excluding carboxylic acids is 1. The highest BCUT2D eigenvalue weighted by Gasteiger charge is 2.26. The van der Waals surface area contributed by atoms with Gasteiger partial charge in [-0.3, -0.25) is 4.79 Å². The van der Waals surface area contributed by atoms with Crippen LogP contribution < -0.4 is 10.5 Å². The van der Waals surface area contributed by atoms with Gasteiger partial charge in [-0.1, -0.05) is 6.07 Å². The van der Waals surface area contributed by atoms with Gasteiger partial charge in [0.1, 0.15) is 17.1 Å². The summed E-state index contributed by atoms with van der Waals surface area (Å²) in [5.74, 6) is -5.21. The number of nitrogens with zero attached hydrogens (tertiary/aromatic N) is 3. The largest absolute Gasteiger partial charge is 0.501 e. The first-order valence-electron chi connectivity index (χ1n) is 12.4. The van der Waals surface area contributed by atoms with Gasteiger partial charge in [-0.2, -0.15) is 8.78 Å². The van der Waals surface area contributed by atoms with Gasteiger partial charge in [-0.05, 0) is 44.2 Å². The van der Waals surface area contributed by atoms with E-state index in [-0.39, 0.29) is 22.7 Å². The third-order valence-corrected chi connectivity index (χ3v) is 6.70. The molecule has 0 radical (unpaired) electrons. The molecule has 2 aromatic carbocycles. The van der Waals surface area contributed by atoms with Crippen molar-refractivity contribution in [2.24, 2.45) is 7.05 Å². The normalized spacial score (nSPS) is 11.8. The number of ketones is 1. The van der Waals surface area contributed by atoms with Crippen LogP contribution in [0, 0.1) is 24.4 Å². The minimum atomic E-state index is -3.18. The number of alkyl halides is 2. The van der Waals surface area contributed by atoms with Crippen LogP contribution in [-0.2, 0) is 11.8 Å². The summed E-state index contributed by atoms with van der Waals surface area (Å²) in [6.07, 6.45) is 4.43. The lowest BCUT2D eigenvalue weighted by molar-refractivity contribution is -0.0493. The van der Waals surface area contributed by atoms with Crippen molar-refractivity contribution in [2.75, 3.05) is 12.3 Å². The number of nitrogens with two attached hydrogens (primary N) is 1. The lowest BCUT2D eigenvalue weighted by Crippen LogP contribution is -2.08. The number of benzene rings is 2. The molecule has 3 heterocycles. The van der Waals surface area contributed by atoms with E-state index in [4.69, 9.17) is 15.2 Å². The standard InChI is InChI=1S/C29H23F5N4O3/c1-4-40-9-7-15-12-21(28(39)16-10-18(30)24(32)19(31)11-16)38-8-5-6-17(27(15)38)23-22(41-29(33)34)13-20-26(25(23)35)36-14(2)37(20)3/h5-13,29H,4,35H2,1-3H3. The molecule has 12 heteroatoms. The number of hydrogen-bond acceptors (Lipinski definition) is 5. The van der Waals surface area contributed by atoms with E-state index in [0.29, 0.717) is 52.2 Å². The van der Waals surface area contributed by atoms with E-state index in [2.05, 4.69) is 4.98 Å². The first-order valence-corrected chi connectivity index (χ1v) is 12.4. The van der Waals surface area contributed by atoms with Crippen LogP contribution in [0.15, 0.2) is 48.9 Å². The van der Waals surface area contributed by atoms with Gasteiger partial charge in [0.15, 0.2) is 17.5 Å². The smallest absolute Gasteiger partial charge is 0.387 e. The monoisotopic (exact) mass is 570 g/mol. The van der Waals surface area contributed by atoms with Gasteiger partial charge in [0, 0.05) is 36.0 Å². The highest BCUT2D eigenvalue weighted by atomic mass is 19.3. The van der Waals surface area contributed by atoms with Crippen LogP contribution in [0.25, 0.3) is 33.8 Å². The maximum atomic E-state index is 14.0. The molecule has 0 fully saturated rings. The number of imidazole rings is 1. The van der Waals surface area contributed by atoms with Crippen LogP contribution in [0.4, 0.5) is 27.6 Å². The van der Waals surface area contributed by atoms with Crippen molar-refractivity contribution in [3.8, 4) is 16.9 Å². The summed E-state index contributed by atoms with van der Waals surface area (Å²) in [5.41, 5.74) is 8.06. The lowest BCUT2D eigenvalue weighted by Gasteiger charge is -2.16. The number of rotatable bonds is 8. The quantitative estimate of drug-likeness (QED) is 0.0744. The van der Waals surface area contributed by atoms with Gasteiger partial charge >= 0.3 is 6.61 Å². The summed E-state index contributed by atoms with van der Waals surface area (Å²) < 4.78 is 82.1. The summed E-state index contributed by atoms with van der Waals surface area (Å²) in [6.45, 7) is 0.656. The third kappa shape index (κ3) is 4.75. The molecule has 212 valence electrons.